The zero-order chi connectivity index (χ0) is 18.9. The number of fused-ring (bicyclic) bond motifs is 1. The molecule has 26 heavy (non-hydrogen) atoms. The zero-order valence-corrected chi connectivity index (χ0v) is 15.9. The lowest BCUT2D eigenvalue weighted by molar-refractivity contribution is 0.130. The quantitative estimate of drug-likeness (QED) is 0.716. The Morgan fingerprint density at radius 3 is 2.35 bits per heavy atom. The predicted molar refractivity (Wildman–Crippen MR) is 98.8 cm³/mol. The monoisotopic (exact) mass is 375 g/mol. The maximum atomic E-state index is 12.3. The Morgan fingerprint density at radius 1 is 1.08 bits per heavy atom. The van der Waals surface area contributed by atoms with Gasteiger partial charge in [0.2, 0.25) is 10.0 Å². The summed E-state index contributed by atoms with van der Waals surface area (Å²) in [5.41, 5.74) is 2.22. The van der Waals surface area contributed by atoms with E-state index in [0.29, 0.717) is 11.3 Å². The van der Waals surface area contributed by atoms with Crippen LogP contribution >= 0.6 is 0 Å². The minimum atomic E-state index is -3.51. The van der Waals surface area contributed by atoms with Crippen molar-refractivity contribution >= 4 is 21.1 Å². The lowest BCUT2D eigenvalue weighted by Gasteiger charge is -2.13. The molecule has 0 amide bonds. The smallest absolute Gasteiger partial charge is 0.242 e. The number of imidazole rings is 1. The highest BCUT2D eigenvalue weighted by Gasteiger charge is 2.21. The summed E-state index contributed by atoms with van der Waals surface area (Å²) < 4.78 is 36.6. The molecule has 0 aliphatic rings. The molecule has 0 radical (unpaired) electrons. The Bertz CT molecular complexity index is 1010. The number of benzene rings is 2. The van der Waals surface area contributed by atoms with Gasteiger partial charge in [-0.2, -0.15) is 0 Å². The fraction of sp³-hybridized carbons (Fsp3) is 0.278. The molecule has 2 aromatic carbocycles. The average molecular weight is 375 g/mol. The first-order chi connectivity index (χ1) is 12.4. The van der Waals surface area contributed by atoms with Gasteiger partial charge in [-0.3, -0.25) is 0 Å². The lowest BCUT2D eigenvalue weighted by atomic mass is 10.1. The number of ether oxygens (including phenoxy) is 2. The van der Waals surface area contributed by atoms with Gasteiger partial charge in [0.25, 0.3) is 0 Å². The van der Waals surface area contributed by atoms with Crippen LogP contribution in [0.25, 0.3) is 11.0 Å². The standard InChI is InChI=1S/C18H21N3O4S/c1-21(2)26(22,23)14-9-10-15-16(11-14)20-18(19-15)17(25-4)12-5-7-13(24-3)8-6-12/h5-11,17H,1-4H3,(H,19,20). The third-order valence-corrected chi connectivity index (χ3v) is 5.97. The summed E-state index contributed by atoms with van der Waals surface area (Å²) in [6, 6.07) is 12.4. The second-order valence-electron chi connectivity index (χ2n) is 5.98. The van der Waals surface area contributed by atoms with Gasteiger partial charge in [0.15, 0.2) is 0 Å². The molecule has 0 saturated heterocycles. The number of hydrogen-bond donors (Lipinski definition) is 1. The van der Waals surface area contributed by atoms with Crippen molar-refractivity contribution in [2.45, 2.75) is 11.0 Å². The summed E-state index contributed by atoms with van der Waals surface area (Å²) in [7, 11) is 2.70. The summed E-state index contributed by atoms with van der Waals surface area (Å²) in [5.74, 6) is 1.36. The Kier molecular flexibility index (Phi) is 4.99. The molecule has 1 heterocycles. The molecule has 0 fully saturated rings. The molecule has 1 atom stereocenters. The van der Waals surface area contributed by atoms with E-state index < -0.39 is 16.1 Å². The number of H-pyrrole nitrogens is 1. The van der Waals surface area contributed by atoms with Crippen LogP contribution in [0, 0.1) is 0 Å². The lowest BCUT2D eigenvalue weighted by Crippen LogP contribution is -2.22. The molecular weight excluding hydrogens is 354 g/mol. The number of nitrogens with one attached hydrogen (secondary N) is 1. The minimum absolute atomic E-state index is 0.200. The first kappa shape index (κ1) is 18.4. The molecule has 0 aliphatic carbocycles. The van der Waals surface area contributed by atoms with Crippen molar-refractivity contribution in [3.63, 3.8) is 0 Å². The minimum Gasteiger partial charge on any atom is -0.497 e. The van der Waals surface area contributed by atoms with E-state index in [1.165, 1.54) is 18.4 Å². The Morgan fingerprint density at radius 2 is 1.77 bits per heavy atom. The maximum Gasteiger partial charge on any atom is 0.242 e. The number of aromatic nitrogens is 2. The van der Waals surface area contributed by atoms with Crippen molar-refractivity contribution in [3.05, 3.63) is 53.9 Å². The van der Waals surface area contributed by atoms with E-state index in [-0.39, 0.29) is 4.90 Å². The van der Waals surface area contributed by atoms with Gasteiger partial charge >= 0.3 is 0 Å². The van der Waals surface area contributed by atoms with E-state index in [1.54, 1.807) is 32.4 Å². The molecule has 1 unspecified atom stereocenters. The summed E-state index contributed by atoms with van der Waals surface area (Å²) in [5, 5.41) is 0. The fourth-order valence-corrected chi connectivity index (χ4v) is 3.61. The maximum absolute atomic E-state index is 12.3. The molecule has 0 bridgehead atoms. The molecule has 8 heteroatoms. The van der Waals surface area contributed by atoms with Gasteiger partial charge in [0.1, 0.15) is 17.7 Å². The topological polar surface area (TPSA) is 84.5 Å². The van der Waals surface area contributed by atoms with Crippen LogP contribution in [0.5, 0.6) is 5.75 Å². The molecule has 1 N–H and O–H groups in total. The summed E-state index contributed by atoms with van der Waals surface area (Å²) in [4.78, 5) is 7.95. The van der Waals surface area contributed by atoms with Crippen molar-refractivity contribution in [1.82, 2.24) is 14.3 Å². The molecule has 138 valence electrons. The second-order valence-corrected chi connectivity index (χ2v) is 8.13. The average Bonchev–Trinajstić information content (AvgIpc) is 3.05. The first-order valence-corrected chi connectivity index (χ1v) is 9.39. The number of rotatable bonds is 6. The van der Waals surface area contributed by atoms with Gasteiger partial charge in [0, 0.05) is 21.2 Å². The Hall–Kier alpha value is -2.42. The van der Waals surface area contributed by atoms with E-state index in [1.807, 2.05) is 24.3 Å². The van der Waals surface area contributed by atoms with Crippen molar-refractivity contribution in [2.75, 3.05) is 28.3 Å². The summed E-state index contributed by atoms with van der Waals surface area (Å²) >= 11 is 0. The molecule has 1 aromatic heterocycles. The second kappa shape index (κ2) is 7.06. The fourth-order valence-electron chi connectivity index (χ4n) is 2.69. The largest absolute Gasteiger partial charge is 0.497 e. The highest BCUT2D eigenvalue weighted by molar-refractivity contribution is 7.89. The normalized spacial score (nSPS) is 13.3. The van der Waals surface area contributed by atoms with Crippen molar-refractivity contribution in [1.29, 1.82) is 0 Å². The predicted octanol–water partition coefficient (Wildman–Crippen LogP) is 2.56. The van der Waals surface area contributed by atoms with E-state index in [0.717, 1.165) is 16.8 Å². The molecule has 3 aromatic rings. The molecule has 0 saturated carbocycles. The SMILES string of the molecule is COc1ccc(C(OC)c2nc3cc(S(=O)(=O)N(C)C)ccc3[nH]2)cc1. The van der Waals surface area contributed by atoms with Crippen LogP contribution in [0.1, 0.15) is 17.5 Å². The highest BCUT2D eigenvalue weighted by Crippen LogP contribution is 2.28. The number of aromatic amines is 1. The third kappa shape index (κ3) is 3.31. The number of sulfonamides is 1. The van der Waals surface area contributed by atoms with Gasteiger partial charge in [0.05, 0.1) is 23.0 Å². The van der Waals surface area contributed by atoms with Crippen molar-refractivity contribution < 1.29 is 17.9 Å². The molecule has 7 nitrogen and oxygen atoms in total. The summed E-state index contributed by atoms with van der Waals surface area (Å²) in [6.45, 7) is 0. The van der Waals surface area contributed by atoms with Gasteiger partial charge in [-0.1, -0.05) is 12.1 Å². The van der Waals surface area contributed by atoms with Crippen LogP contribution in [0.15, 0.2) is 47.4 Å². The van der Waals surface area contributed by atoms with Crippen LogP contribution in [0.3, 0.4) is 0 Å². The van der Waals surface area contributed by atoms with E-state index >= 15 is 0 Å². The number of methoxy groups -OCH3 is 2. The Labute approximate surface area is 152 Å². The molecule has 3 rings (SSSR count). The van der Waals surface area contributed by atoms with E-state index in [2.05, 4.69) is 9.97 Å². The highest BCUT2D eigenvalue weighted by atomic mass is 32.2. The van der Waals surface area contributed by atoms with E-state index in [9.17, 15) is 8.42 Å². The Balaban J connectivity index is 2.01. The molecule has 0 spiro atoms. The number of hydrogen-bond acceptors (Lipinski definition) is 5. The zero-order valence-electron chi connectivity index (χ0n) is 15.1. The van der Waals surface area contributed by atoms with Gasteiger partial charge in [-0.15, -0.1) is 0 Å². The van der Waals surface area contributed by atoms with Gasteiger partial charge < -0.3 is 14.5 Å². The van der Waals surface area contributed by atoms with Crippen molar-refractivity contribution in [2.24, 2.45) is 0 Å². The third-order valence-electron chi connectivity index (χ3n) is 4.15. The van der Waals surface area contributed by atoms with Gasteiger partial charge in [-0.25, -0.2) is 17.7 Å². The van der Waals surface area contributed by atoms with Crippen LogP contribution in [0.4, 0.5) is 0 Å². The number of nitrogens with zero attached hydrogens (tertiary/aromatic N) is 2. The van der Waals surface area contributed by atoms with Crippen LogP contribution in [0.2, 0.25) is 0 Å². The van der Waals surface area contributed by atoms with Crippen LogP contribution in [-0.2, 0) is 14.8 Å². The van der Waals surface area contributed by atoms with Crippen molar-refractivity contribution in [3.8, 4) is 5.75 Å². The molecule has 0 aliphatic heterocycles. The first-order valence-electron chi connectivity index (χ1n) is 7.95. The van der Waals surface area contributed by atoms with Gasteiger partial charge in [-0.05, 0) is 35.9 Å². The van der Waals surface area contributed by atoms with Crippen LogP contribution < -0.4 is 4.74 Å². The molecular formula is C18H21N3O4S. The van der Waals surface area contributed by atoms with Crippen LogP contribution in [-0.4, -0.2) is 51.0 Å². The van der Waals surface area contributed by atoms with E-state index in [4.69, 9.17) is 9.47 Å². The summed E-state index contributed by atoms with van der Waals surface area (Å²) in [6.07, 6.45) is -0.401.